The quantitative estimate of drug-likeness (QED) is 0.634. The van der Waals surface area contributed by atoms with Gasteiger partial charge in [-0.3, -0.25) is 0 Å². The van der Waals surface area contributed by atoms with E-state index in [0.29, 0.717) is 11.1 Å². The molecule has 6 nitrogen and oxygen atoms in total. The van der Waals surface area contributed by atoms with Crippen molar-refractivity contribution < 1.29 is 14.3 Å². The average Bonchev–Trinajstić information content (AvgIpc) is 2.27. The first-order valence-electron chi connectivity index (χ1n) is 4.75. The van der Waals surface area contributed by atoms with Gasteiger partial charge in [-0.15, -0.1) is 0 Å². The minimum atomic E-state index is -1.33. The highest BCUT2D eigenvalue weighted by atomic mass is 16.4. The van der Waals surface area contributed by atoms with E-state index in [0.717, 1.165) is 5.39 Å². The van der Waals surface area contributed by atoms with Crippen LogP contribution in [0.1, 0.15) is 5.56 Å². The van der Waals surface area contributed by atoms with Gasteiger partial charge in [0.25, 0.3) is 0 Å². The molecule has 0 spiro atoms. The molecular weight excluding hydrogens is 224 g/mol. The maximum absolute atomic E-state index is 11.2. The highest BCUT2D eigenvalue weighted by Crippen LogP contribution is 2.11. The molecule has 6 heteroatoms. The molecule has 0 aliphatic heterocycles. The second-order valence-corrected chi connectivity index (χ2v) is 3.14. The van der Waals surface area contributed by atoms with E-state index in [4.69, 9.17) is 20.1 Å². The van der Waals surface area contributed by atoms with Crippen LogP contribution in [0.3, 0.4) is 0 Å². The van der Waals surface area contributed by atoms with Gasteiger partial charge < -0.3 is 21.0 Å². The summed E-state index contributed by atoms with van der Waals surface area (Å²) < 4.78 is 5.05. The van der Waals surface area contributed by atoms with Crippen molar-refractivity contribution in [3.8, 4) is 0 Å². The molecule has 1 aromatic heterocycles. The summed E-state index contributed by atoms with van der Waals surface area (Å²) in [5.74, 6) is 0. The maximum atomic E-state index is 11.2. The Morgan fingerprint density at radius 1 is 1.35 bits per heavy atom. The molecule has 1 amide bonds. The molecule has 0 saturated heterocycles. The second-order valence-electron chi connectivity index (χ2n) is 3.14. The van der Waals surface area contributed by atoms with Crippen molar-refractivity contribution >= 4 is 17.1 Å². The van der Waals surface area contributed by atoms with Gasteiger partial charge in [0.2, 0.25) is 0 Å². The van der Waals surface area contributed by atoms with Crippen LogP contribution in [0.25, 0.3) is 11.0 Å². The number of primary amides is 1. The zero-order valence-electron chi connectivity index (χ0n) is 8.92. The zero-order chi connectivity index (χ0) is 12.8. The molecule has 17 heavy (non-hydrogen) atoms. The van der Waals surface area contributed by atoms with Crippen LogP contribution in [-0.4, -0.2) is 11.2 Å². The molecule has 0 fully saturated rings. The van der Waals surface area contributed by atoms with Crippen LogP contribution in [0, 0.1) is 0 Å². The lowest BCUT2D eigenvalue weighted by Crippen LogP contribution is -2.11. The van der Waals surface area contributed by atoms with Crippen molar-refractivity contribution in [3.05, 3.63) is 46.3 Å². The molecule has 5 N–H and O–H groups in total. The lowest BCUT2D eigenvalue weighted by molar-refractivity contribution is 0.205. The van der Waals surface area contributed by atoms with Crippen molar-refractivity contribution in [1.29, 1.82) is 0 Å². The van der Waals surface area contributed by atoms with E-state index in [1.54, 1.807) is 12.1 Å². The van der Waals surface area contributed by atoms with Gasteiger partial charge in [0.1, 0.15) is 5.58 Å². The van der Waals surface area contributed by atoms with Gasteiger partial charge in [-0.25, -0.2) is 9.59 Å². The van der Waals surface area contributed by atoms with E-state index in [9.17, 15) is 4.79 Å². The minimum absolute atomic E-state index is 0.215. The Kier molecular flexibility index (Phi) is 4.24. The summed E-state index contributed by atoms with van der Waals surface area (Å²) in [6, 6.07) is 9.13. The molecule has 0 unspecified atom stereocenters. The van der Waals surface area contributed by atoms with E-state index in [1.165, 1.54) is 0 Å². The summed E-state index contributed by atoms with van der Waals surface area (Å²) in [5.41, 5.74) is 10.2. The minimum Gasteiger partial charge on any atom is -0.465 e. The predicted octanol–water partition coefficient (Wildman–Crippen LogP) is 0.875. The van der Waals surface area contributed by atoms with Crippen molar-refractivity contribution in [2.75, 3.05) is 0 Å². The Bertz CT molecular complexity index is 573. The molecule has 0 radical (unpaired) electrons. The fourth-order valence-electron chi connectivity index (χ4n) is 1.25. The van der Waals surface area contributed by atoms with Crippen LogP contribution in [0.4, 0.5) is 4.79 Å². The Hall–Kier alpha value is -2.34. The third-order valence-corrected chi connectivity index (χ3v) is 1.93. The fraction of sp³-hybridized carbons (Fsp3) is 0.0909. The standard InChI is InChI=1S/C10H9NO2.CH3NO2/c11-6-8-5-7-3-1-2-4-9(7)13-10(8)12;2-1(3)4/h1-5H,6,11H2;2H2,(H,3,4). The van der Waals surface area contributed by atoms with Crippen LogP contribution in [-0.2, 0) is 6.54 Å². The third-order valence-electron chi connectivity index (χ3n) is 1.93. The average molecular weight is 236 g/mol. The van der Waals surface area contributed by atoms with Gasteiger partial charge in [0.15, 0.2) is 0 Å². The summed E-state index contributed by atoms with van der Waals surface area (Å²) in [7, 11) is 0. The molecule has 0 atom stereocenters. The summed E-state index contributed by atoms with van der Waals surface area (Å²) in [5, 5.41) is 8.10. The smallest absolute Gasteiger partial charge is 0.402 e. The molecule has 1 heterocycles. The first kappa shape index (κ1) is 12.7. The predicted molar refractivity (Wildman–Crippen MR) is 62.6 cm³/mol. The Labute approximate surface area is 96.5 Å². The highest BCUT2D eigenvalue weighted by Gasteiger charge is 2.01. The van der Waals surface area contributed by atoms with Crippen molar-refractivity contribution in [3.63, 3.8) is 0 Å². The molecule has 2 aromatic rings. The number of fused-ring (bicyclic) bond motifs is 1. The van der Waals surface area contributed by atoms with Crippen LogP contribution in [0.2, 0.25) is 0 Å². The second kappa shape index (κ2) is 5.66. The van der Waals surface area contributed by atoms with Crippen molar-refractivity contribution in [1.82, 2.24) is 0 Å². The zero-order valence-corrected chi connectivity index (χ0v) is 8.92. The van der Waals surface area contributed by atoms with Gasteiger partial charge in [-0.1, -0.05) is 18.2 Å². The fourth-order valence-corrected chi connectivity index (χ4v) is 1.25. The normalized spacial score (nSPS) is 9.47. The number of benzene rings is 1. The number of carbonyl (C=O) groups is 1. The molecule has 0 bridgehead atoms. The first-order chi connectivity index (χ1) is 8.04. The van der Waals surface area contributed by atoms with Crippen LogP contribution in [0.15, 0.2) is 39.5 Å². The number of para-hydroxylation sites is 1. The highest BCUT2D eigenvalue weighted by molar-refractivity contribution is 5.76. The van der Waals surface area contributed by atoms with Gasteiger partial charge in [0.05, 0.1) is 5.56 Å². The summed E-state index contributed by atoms with van der Waals surface area (Å²) in [4.78, 5) is 20.0. The van der Waals surface area contributed by atoms with Gasteiger partial charge in [-0.2, -0.15) is 0 Å². The van der Waals surface area contributed by atoms with E-state index >= 15 is 0 Å². The van der Waals surface area contributed by atoms with Gasteiger partial charge in [-0.05, 0) is 12.1 Å². The number of hydrogen-bond donors (Lipinski definition) is 3. The van der Waals surface area contributed by atoms with Crippen LogP contribution in [0.5, 0.6) is 0 Å². The molecule has 1 aromatic carbocycles. The van der Waals surface area contributed by atoms with Gasteiger partial charge >= 0.3 is 11.7 Å². The van der Waals surface area contributed by atoms with E-state index in [1.807, 2.05) is 18.2 Å². The largest absolute Gasteiger partial charge is 0.465 e. The molecule has 0 saturated carbocycles. The number of rotatable bonds is 1. The van der Waals surface area contributed by atoms with Crippen molar-refractivity contribution in [2.24, 2.45) is 11.5 Å². The monoisotopic (exact) mass is 236 g/mol. The molecule has 2 rings (SSSR count). The summed E-state index contributed by atoms with van der Waals surface area (Å²) in [6.07, 6.45) is -1.33. The van der Waals surface area contributed by atoms with Crippen LogP contribution < -0.4 is 17.1 Å². The molecular formula is C11H12N2O4. The van der Waals surface area contributed by atoms with Gasteiger partial charge in [0, 0.05) is 11.9 Å². The Morgan fingerprint density at radius 2 is 1.94 bits per heavy atom. The Balaban J connectivity index is 0.000000317. The SMILES string of the molecule is NC(=O)O.NCc1cc2ccccc2oc1=O. The Morgan fingerprint density at radius 3 is 2.53 bits per heavy atom. The maximum Gasteiger partial charge on any atom is 0.402 e. The van der Waals surface area contributed by atoms with E-state index < -0.39 is 6.09 Å². The van der Waals surface area contributed by atoms with Crippen molar-refractivity contribution in [2.45, 2.75) is 6.54 Å². The summed E-state index contributed by atoms with van der Waals surface area (Å²) in [6.45, 7) is 0.215. The molecule has 90 valence electrons. The first-order valence-corrected chi connectivity index (χ1v) is 4.75. The number of carboxylic acid groups (broad SMARTS) is 1. The number of nitrogens with two attached hydrogens (primary N) is 2. The van der Waals surface area contributed by atoms with E-state index in [2.05, 4.69) is 5.73 Å². The van der Waals surface area contributed by atoms with E-state index in [-0.39, 0.29) is 12.2 Å². The number of hydrogen-bond acceptors (Lipinski definition) is 4. The summed E-state index contributed by atoms with van der Waals surface area (Å²) >= 11 is 0. The molecule has 0 aliphatic rings. The lowest BCUT2D eigenvalue weighted by Gasteiger charge is -1.97. The molecule has 0 aliphatic carbocycles. The third kappa shape index (κ3) is 3.62. The lowest BCUT2D eigenvalue weighted by atomic mass is 10.2. The number of amides is 1. The van der Waals surface area contributed by atoms with Crippen LogP contribution >= 0.6 is 0 Å². The topological polar surface area (TPSA) is 120 Å².